The molecule has 0 nitrogen and oxygen atoms in total. The predicted octanol–water partition coefficient (Wildman–Crippen LogP) is 4.03. The molecule has 0 saturated carbocycles. The van der Waals surface area contributed by atoms with E-state index >= 15 is 0 Å². The average molecular weight is 190 g/mol. The van der Waals surface area contributed by atoms with Gasteiger partial charge in [-0.1, -0.05) is 26.0 Å². The van der Waals surface area contributed by atoms with Gasteiger partial charge in [-0.2, -0.15) is 11.3 Å². The maximum atomic E-state index is 2.27. The highest BCUT2D eigenvalue weighted by atomic mass is 32.1. The van der Waals surface area contributed by atoms with E-state index in [4.69, 9.17) is 0 Å². The van der Waals surface area contributed by atoms with Gasteiger partial charge < -0.3 is 0 Å². The molecule has 0 spiro atoms. The Morgan fingerprint density at radius 1 is 1.08 bits per heavy atom. The second-order valence-electron chi connectivity index (χ2n) is 3.29. The first-order chi connectivity index (χ1) is 6.36. The molecule has 1 heterocycles. The van der Waals surface area contributed by atoms with Gasteiger partial charge >= 0.3 is 0 Å². The van der Waals surface area contributed by atoms with Gasteiger partial charge in [0.15, 0.2) is 0 Å². The van der Waals surface area contributed by atoms with E-state index in [0.717, 1.165) is 12.8 Å². The third-order valence-electron chi connectivity index (χ3n) is 2.60. The van der Waals surface area contributed by atoms with E-state index in [2.05, 4.69) is 36.7 Å². The Balaban J connectivity index is 2.74. The number of hydrogen-bond donors (Lipinski definition) is 0. The Hall–Kier alpha value is -0.820. The molecule has 1 heteroatoms. The van der Waals surface area contributed by atoms with Crippen LogP contribution in [0.15, 0.2) is 22.9 Å². The molecule has 0 saturated heterocycles. The zero-order valence-electron chi connectivity index (χ0n) is 8.13. The standard InChI is InChI=1S/C12H14S/c1-3-9-5-6-10-7-13-8-12(10)11(9)4-2/h5-8H,3-4H2,1-2H3. The van der Waals surface area contributed by atoms with Gasteiger partial charge in [0.1, 0.15) is 0 Å². The highest BCUT2D eigenvalue weighted by Gasteiger charge is 2.04. The Morgan fingerprint density at radius 2 is 1.92 bits per heavy atom. The van der Waals surface area contributed by atoms with Crippen molar-refractivity contribution in [3.63, 3.8) is 0 Å². The van der Waals surface area contributed by atoms with Gasteiger partial charge in [-0.25, -0.2) is 0 Å². The van der Waals surface area contributed by atoms with E-state index < -0.39 is 0 Å². The van der Waals surface area contributed by atoms with E-state index in [1.807, 2.05) is 0 Å². The van der Waals surface area contributed by atoms with Crippen LogP contribution in [-0.2, 0) is 12.8 Å². The molecule has 0 bridgehead atoms. The van der Waals surface area contributed by atoms with E-state index in [9.17, 15) is 0 Å². The fourth-order valence-corrected chi connectivity index (χ4v) is 2.73. The molecular weight excluding hydrogens is 176 g/mol. The van der Waals surface area contributed by atoms with Crippen molar-refractivity contribution in [2.75, 3.05) is 0 Å². The molecule has 1 aromatic heterocycles. The minimum atomic E-state index is 1.15. The Labute approximate surface area is 83.2 Å². The molecule has 2 aromatic rings. The molecule has 0 aliphatic rings. The highest BCUT2D eigenvalue weighted by molar-refractivity contribution is 7.09. The van der Waals surface area contributed by atoms with Gasteiger partial charge in [0.2, 0.25) is 0 Å². The smallest absolute Gasteiger partial charge is 0.00116 e. The number of hydrogen-bond acceptors (Lipinski definition) is 1. The lowest BCUT2D eigenvalue weighted by atomic mass is 9.98. The Morgan fingerprint density at radius 3 is 2.62 bits per heavy atom. The number of benzene rings is 1. The average Bonchev–Trinajstić information content (AvgIpc) is 2.63. The second kappa shape index (κ2) is 3.51. The predicted molar refractivity (Wildman–Crippen MR) is 60.6 cm³/mol. The summed E-state index contributed by atoms with van der Waals surface area (Å²) in [6.45, 7) is 4.47. The summed E-state index contributed by atoms with van der Waals surface area (Å²) in [5, 5.41) is 7.37. The minimum Gasteiger partial charge on any atom is -0.151 e. The summed E-state index contributed by atoms with van der Waals surface area (Å²) in [5.74, 6) is 0. The molecule has 0 aliphatic carbocycles. The van der Waals surface area contributed by atoms with Crippen molar-refractivity contribution < 1.29 is 0 Å². The fraction of sp³-hybridized carbons (Fsp3) is 0.333. The molecule has 0 fully saturated rings. The molecule has 68 valence electrons. The van der Waals surface area contributed by atoms with Crippen LogP contribution in [0.3, 0.4) is 0 Å². The molecule has 1 aromatic carbocycles. The van der Waals surface area contributed by atoms with Crippen LogP contribution in [0.2, 0.25) is 0 Å². The van der Waals surface area contributed by atoms with Gasteiger partial charge in [0.05, 0.1) is 0 Å². The third-order valence-corrected chi connectivity index (χ3v) is 3.36. The maximum Gasteiger partial charge on any atom is -0.00116 e. The van der Waals surface area contributed by atoms with Crippen LogP contribution in [0.5, 0.6) is 0 Å². The van der Waals surface area contributed by atoms with Gasteiger partial charge in [0, 0.05) is 0 Å². The number of thiophene rings is 1. The van der Waals surface area contributed by atoms with Crippen molar-refractivity contribution in [2.45, 2.75) is 26.7 Å². The fourth-order valence-electron chi connectivity index (χ4n) is 1.89. The monoisotopic (exact) mass is 190 g/mol. The molecule has 2 rings (SSSR count). The van der Waals surface area contributed by atoms with Gasteiger partial charge in [-0.15, -0.1) is 0 Å². The number of rotatable bonds is 2. The summed E-state index contributed by atoms with van der Waals surface area (Å²) >= 11 is 1.80. The first-order valence-electron chi connectivity index (χ1n) is 4.83. The normalized spacial score (nSPS) is 10.9. The van der Waals surface area contributed by atoms with Gasteiger partial charge in [-0.05, 0) is 45.5 Å². The number of fused-ring (bicyclic) bond motifs is 1. The highest BCUT2D eigenvalue weighted by Crippen LogP contribution is 2.26. The van der Waals surface area contributed by atoms with Crippen LogP contribution < -0.4 is 0 Å². The zero-order valence-corrected chi connectivity index (χ0v) is 8.95. The largest absolute Gasteiger partial charge is 0.151 e. The Kier molecular flexibility index (Phi) is 2.36. The molecule has 0 aliphatic heterocycles. The van der Waals surface area contributed by atoms with Crippen LogP contribution in [-0.4, -0.2) is 0 Å². The lowest BCUT2D eigenvalue weighted by Crippen LogP contribution is -1.90. The first-order valence-corrected chi connectivity index (χ1v) is 5.77. The van der Waals surface area contributed by atoms with Crippen molar-refractivity contribution in [2.24, 2.45) is 0 Å². The van der Waals surface area contributed by atoms with Crippen LogP contribution in [0.4, 0.5) is 0 Å². The molecule has 0 radical (unpaired) electrons. The van der Waals surface area contributed by atoms with E-state index in [-0.39, 0.29) is 0 Å². The summed E-state index contributed by atoms with van der Waals surface area (Å²) in [5.41, 5.74) is 3.05. The summed E-state index contributed by atoms with van der Waals surface area (Å²) in [7, 11) is 0. The maximum absolute atomic E-state index is 2.27. The topological polar surface area (TPSA) is 0 Å². The molecule has 0 unspecified atom stereocenters. The molecule has 0 atom stereocenters. The Bertz CT molecular complexity index is 412. The molecule has 0 amide bonds. The van der Waals surface area contributed by atoms with Crippen molar-refractivity contribution >= 4 is 22.1 Å². The minimum absolute atomic E-state index is 1.15. The summed E-state index contributed by atoms with van der Waals surface area (Å²) in [4.78, 5) is 0. The van der Waals surface area contributed by atoms with Crippen molar-refractivity contribution in [1.29, 1.82) is 0 Å². The summed E-state index contributed by atoms with van der Waals surface area (Å²) in [6, 6.07) is 4.51. The summed E-state index contributed by atoms with van der Waals surface area (Å²) in [6.07, 6.45) is 2.30. The van der Waals surface area contributed by atoms with E-state index in [0.29, 0.717) is 0 Å². The first kappa shape index (κ1) is 8.76. The lowest BCUT2D eigenvalue weighted by Gasteiger charge is -2.06. The van der Waals surface area contributed by atoms with Crippen LogP contribution in [0.25, 0.3) is 10.8 Å². The quantitative estimate of drug-likeness (QED) is 0.670. The van der Waals surface area contributed by atoms with Crippen molar-refractivity contribution in [3.8, 4) is 0 Å². The van der Waals surface area contributed by atoms with Crippen molar-refractivity contribution in [1.82, 2.24) is 0 Å². The van der Waals surface area contributed by atoms with Crippen molar-refractivity contribution in [3.05, 3.63) is 34.0 Å². The molecular formula is C12H14S. The van der Waals surface area contributed by atoms with Crippen LogP contribution in [0, 0.1) is 0 Å². The lowest BCUT2D eigenvalue weighted by molar-refractivity contribution is 1.05. The summed E-state index contributed by atoms with van der Waals surface area (Å²) < 4.78 is 0. The SMILES string of the molecule is CCc1ccc2cscc2c1CC. The molecule has 0 N–H and O–H groups in total. The molecule has 13 heavy (non-hydrogen) atoms. The number of aryl methyl sites for hydroxylation is 2. The van der Waals surface area contributed by atoms with Gasteiger partial charge in [-0.3, -0.25) is 0 Å². The van der Waals surface area contributed by atoms with E-state index in [1.165, 1.54) is 16.3 Å². The third kappa shape index (κ3) is 1.37. The van der Waals surface area contributed by atoms with Crippen LogP contribution >= 0.6 is 11.3 Å². The van der Waals surface area contributed by atoms with Crippen LogP contribution in [0.1, 0.15) is 25.0 Å². The second-order valence-corrected chi connectivity index (χ2v) is 4.03. The van der Waals surface area contributed by atoms with Gasteiger partial charge in [0.25, 0.3) is 0 Å². The van der Waals surface area contributed by atoms with E-state index in [1.54, 1.807) is 16.9 Å². The zero-order chi connectivity index (χ0) is 9.26.